The Morgan fingerprint density at radius 1 is 0.862 bits per heavy atom. The third kappa shape index (κ3) is 9.50. The van der Waals surface area contributed by atoms with E-state index in [1.54, 1.807) is 0 Å². The second kappa shape index (κ2) is 11.4. The first-order valence-electron chi connectivity index (χ1n) is 9.93. The highest BCUT2D eigenvalue weighted by Gasteiger charge is 2.36. The Hall–Kier alpha value is -1.79. The van der Waals surface area contributed by atoms with Crippen LogP contribution in [0.2, 0.25) is 0 Å². The molecule has 2 aliphatic heterocycles. The van der Waals surface area contributed by atoms with Crippen molar-refractivity contribution in [1.29, 1.82) is 0 Å². The standard InChI is InChI=1S/C18H32N4O7/c1-14-15(29-14)10-22(13-18(27)28)9-4-19-2-5-20(11-16(23)24)7-8-21(6-3-19)12-17(25)26/h14-15H,2-13H2,1H3,(H,23,24)(H,25,26)(H,27,28). The van der Waals surface area contributed by atoms with Gasteiger partial charge in [0.15, 0.2) is 0 Å². The Balaban J connectivity index is 1.93. The summed E-state index contributed by atoms with van der Waals surface area (Å²) in [6, 6.07) is 0. The van der Waals surface area contributed by atoms with Gasteiger partial charge in [-0.25, -0.2) is 0 Å². The molecule has 0 aromatic heterocycles. The molecule has 0 aromatic rings. The molecule has 166 valence electrons. The van der Waals surface area contributed by atoms with Crippen molar-refractivity contribution in [1.82, 2.24) is 19.6 Å². The van der Waals surface area contributed by atoms with Crippen molar-refractivity contribution in [2.45, 2.75) is 19.1 Å². The molecule has 2 heterocycles. The molecule has 0 aliphatic carbocycles. The van der Waals surface area contributed by atoms with Gasteiger partial charge >= 0.3 is 17.9 Å². The summed E-state index contributed by atoms with van der Waals surface area (Å²) in [4.78, 5) is 41.0. The van der Waals surface area contributed by atoms with Gasteiger partial charge in [-0.15, -0.1) is 0 Å². The van der Waals surface area contributed by atoms with Crippen LogP contribution in [0.5, 0.6) is 0 Å². The number of hydrogen-bond donors (Lipinski definition) is 3. The molecule has 0 bridgehead atoms. The van der Waals surface area contributed by atoms with Gasteiger partial charge in [0.25, 0.3) is 0 Å². The van der Waals surface area contributed by atoms with Crippen molar-refractivity contribution >= 4 is 17.9 Å². The van der Waals surface area contributed by atoms with E-state index in [1.165, 1.54) is 0 Å². The van der Waals surface area contributed by atoms with Gasteiger partial charge in [-0.05, 0) is 6.92 Å². The lowest BCUT2D eigenvalue weighted by Crippen LogP contribution is -2.43. The SMILES string of the molecule is CC1OC1CN(CCN1CCN(CC(=O)O)CCN(CC(=O)O)CC1)CC(=O)O. The molecule has 0 radical (unpaired) electrons. The lowest BCUT2D eigenvalue weighted by molar-refractivity contribution is -0.140. The Labute approximate surface area is 170 Å². The molecule has 0 spiro atoms. The minimum Gasteiger partial charge on any atom is -0.480 e. The fourth-order valence-electron chi connectivity index (χ4n) is 3.49. The molecule has 0 aromatic carbocycles. The first kappa shape index (κ1) is 23.5. The first-order valence-corrected chi connectivity index (χ1v) is 9.93. The van der Waals surface area contributed by atoms with E-state index in [0.29, 0.717) is 58.9 Å². The molecule has 2 rings (SSSR count). The van der Waals surface area contributed by atoms with E-state index in [2.05, 4.69) is 4.90 Å². The maximum absolute atomic E-state index is 11.2. The smallest absolute Gasteiger partial charge is 0.317 e. The molecule has 29 heavy (non-hydrogen) atoms. The van der Waals surface area contributed by atoms with Crippen LogP contribution in [-0.2, 0) is 19.1 Å². The molecule has 2 aliphatic rings. The van der Waals surface area contributed by atoms with Crippen LogP contribution in [0.25, 0.3) is 0 Å². The van der Waals surface area contributed by atoms with Crippen molar-refractivity contribution in [2.75, 3.05) is 78.5 Å². The van der Waals surface area contributed by atoms with E-state index in [0.717, 1.165) is 0 Å². The van der Waals surface area contributed by atoms with Gasteiger partial charge in [-0.3, -0.25) is 34.0 Å². The summed E-state index contributed by atoms with van der Waals surface area (Å²) >= 11 is 0. The molecular formula is C18H32N4O7. The number of carboxylic acids is 3. The maximum Gasteiger partial charge on any atom is 0.317 e. The molecule has 0 amide bonds. The van der Waals surface area contributed by atoms with E-state index in [1.807, 2.05) is 21.6 Å². The summed E-state index contributed by atoms with van der Waals surface area (Å²) in [6.07, 6.45) is 0.229. The number of carboxylic acid groups (broad SMARTS) is 3. The fraction of sp³-hybridized carbons (Fsp3) is 0.833. The number of hydrogen-bond acceptors (Lipinski definition) is 8. The zero-order valence-corrected chi connectivity index (χ0v) is 16.9. The van der Waals surface area contributed by atoms with E-state index in [4.69, 9.17) is 20.1 Å². The first-order chi connectivity index (χ1) is 13.7. The van der Waals surface area contributed by atoms with Crippen LogP contribution in [0.4, 0.5) is 0 Å². The zero-order chi connectivity index (χ0) is 21.4. The summed E-state index contributed by atoms with van der Waals surface area (Å²) in [6.45, 7) is 6.87. The number of carbonyl (C=O) groups is 3. The van der Waals surface area contributed by atoms with Gasteiger partial charge in [-0.2, -0.15) is 0 Å². The van der Waals surface area contributed by atoms with Crippen LogP contribution in [0, 0.1) is 0 Å². The molecule has 11 nitrogen and oxygen atoms in total. The predicted molar refractivity (Wildman–Crippen MR) is 103 cm³/mol. The van der Waals surface area contributed by atoms with Crippen LogP contribution in [0.15, 0.2) is 0 Å². The quantitative estimate of drug-likeness (QED) is 0.331. The average molecular weight is 416 g/mol. The fourth-order valence-corrected chi connectivity index (χ4v) is 3.49. The number of ether oxygens (including phenoxy) is 1. The minimum absolute atomic E-state index is 0.0588. The molecular weight excluding hydrogens is 384 g/mol. The monoisotopic (exact) mass is 416 g/mol. The van der Waals surface area contributed by atoms with Gasteiger partial charge in [-0.1, -0.05) is 0 Å². The third-order valence-corrected chi connectivity index (χ3v) is 5.28. The lowest BCUT2D eigenvalue weighted by Gasteiger charge is -2.28. The third-order valence-electron chi connectivity index (χ3n) is 5.28. The van der Waals surface area contributed by atoms with E-state index in [-0.39, 0.29) is 31.8 Å². The molecule has 2 fully saturated rings. The van der Waals surface area contributed by atoms with Gasteiger partial charge in [0.1, 0.15) is 0 Å². The predicted octanol–water partition coefficient (Wildman–Crippen LogP) is -1.75. The molecule has 2 saturated heterocycles. The molecule has 2 unspecified atom stereocenters. The van der Waals surface area contributed by atoms with Crippen LogP contribution in [-0.4, -0.2) is 144 Å². The summed E-state index contributed by atoms with van der Waals surface area (Å²) < 4.78 is 5.40. The Bertz CT molecular complexity index is 548. The average Bonchev–Trinajstić information content (AvgIpc) is 3.28. The minimum atomic E-state index is -0.910. The van der Waals surface area contributed by atoms with Crippen LogP contribution < -0.4 is 0 Å². The van der Waals surface area contributed by atoms with E-state index >= 15 is 0 Å². The van der Waals surface area contributed by atoms with Gasteiger partial charge in [0, 0.05) is 58.9 Å². The van der Waals surface area contributed by atoms with Gasteiger partial charge in [0.05, 0.1) is 31.8 Å². The van der Waals surface area contributed by atoms with Crippen LogP contribution in [0.1, 0.15) is 6.92 Å². The van der Waals surface area contributed by atoms with Crippen molar-refractivity contribution in [3.8, 4) is 0 Å². The zero-order valence-electron chi connectivity index (χ0n) is 16.9. The summed E-state index contributed by atoms with van der Waals surface area (Å²) in [5.74, 6) is -2.71. The van der Waals surface area contributed by atoms with E-state index in [9.17, 15) is 14.4 Å². The Morgan fingerprint density at radius 3 is 1.69 bits per heavy atom. The van der Waals surface area contributed by atoms with E-state index < -0.39 is 17.9 Å². The van der Waals surface area contributed by atoms with Crippen molar-refractivity contribution in [3.63, 3.8) is 0 Å². The largest absolute Gasteiger partial charge is 0.480 e. The Morgan fingerprint density at radius 2 is 1.31 bits per heavy atom. The molecule has 3 N–H and O–H groups in total. The molecule has 0 saturated carbocycles. The summed E-state index contributed by atoms with van der Waals surface area (Å²) in [5, 5.41) is 27.4. The second-order valence-electron chi connectivity index (χ2n) is 7.69. The maximum atomic E-state index is 11.2. The van der Waals surface area contributed by atoms with Crippen molar-refractivity contribution in [3.05, 3.63) is 0 Å². The lowest BCUT2D eigenvalue weighted by atomic mass is 10.3. The topological polar surface area (TPSA) is 137 Å². The van der Waals surface area contributed by atoms with Crippen LogP contribution in [0.3, 0.4) is 0 Å². The normalized spacial score (nSPS) is 24.6. The highest BCUT2D eigenvalue weighted by molar-refractivity contribution is 5.69. The second-order valence-corrected chi connectivity index (χ2v) is 7.69. The number of nitrogens with zero attached hydrogens (tertiary/aromatic N) is 4. The molecule has 11 heteroatoms. The summed E-state index contributed by atoms with van der Waals surface area (Å²) in [5.41, 5.74) is 0. The van der Waals surface area contributed by atoms with Crippen LogP contribution >= 0.6 is 0 Å². The highest BCUT2D eigenvalue weighted by atomic mass is 16.6. The number of rotatable bonds is 11. The molecule has 2 atom stereocenters. The number of epoxide rings is 1. The Kier molecular flexibility index (Phi) is 9.24. The number of aliphatic carboxylic acids is 3. The van der Waals surface area contributed by atoms with Crippen molar-refractivity contribution < 1.29 is 34.4 Å². The summed E-state index contributed by atoms with van der Waals surface area (Å²) in [7, 11) is 0. The van der Waals surface area contributed by atoms with Crippen molar-refractivity contribution in [2.24, 2.45) is 0 Å². The van der Waals surface area contributed by atoms with Gasteiger partial charge in [0.2, 0.25) is 0 Å². The van der Waals surface area contributed by atoms with Gasteiger partial charge < -0.3 is 20.1 Å². The highest BCUT2D eigenvalue weighted by Crippen LogP contribution is 2.21.